The van der Waals surface area contributed by atoms with E-state index in [0.717, 1.165) is 11.3 Å². The van der Waals surface area contributed by atoms with Crippen molar-refractivity contribution in [2.45, 2.75) is 19.3 Å². The normalized spacial score (nSPS) is 11.8. The summed E-state index contributed by atoms with van der Waals surface area (Å²) in [6.45, 7) is 3.62. The van der Waals surface area contributed by atoms with Gasteiger partial charge in [-0.05, 0) is 30.9 Å². The molecule has 0 aromatic heterocycles. The van der Waals surface area contributed by atoms with Crippen molar-refractivity contribution in [2.24, 2.45) is 5.92 Å². The van der Waals surface area contributed by atoms with Gasteiger partial charge in [0.15, 0.2) is 0 Å². The fraction of sp³-hybridized carbons (Fsp3) is 0.357. The van der Waals surface area contributed by atoms with E-state index in [1.807, 2.05) is 24.3 Å². The van der Waals surface area contributed by atoms with E-state index in [-0.39, 0.29) is 5.92 Å². The molecule has 3 heteroatoms. The molecule has 0 saturated carbocycles. The highest BCUT2D eigenvalue weighted by Gasteiger charge is 2.18. The Kier molecular flexibility index (Phi) is 5.27. The number of carboxylic acids is 1. The molecule has 0 spiro atoms. The summed E-state index contributed by atoms with van der Waals surface area (Å²) in [4.78, 5) is 11.1. The number of carbonyl (C=O) groups is 1. The van der Waals surface area contributed by atoms with Gasteiger partial charge in [0.05, 0.1) is 13.0 Å². The van der Waals surface area contributed by atoms with Gasteiger partial charge in [0.25, 0.3) is 0 Å². The van der Waals surface area contributed by atoms with Crippen molar-refractivity contribution in [1.82, 2.24) is 0 Å². The van der Waals surface area contributed by atoms with E-state index in [4.69, 9.17) is 9.84 Å². The minimum atomic E-state index is -0.766. The maximum atomic E-state index is 11.1. The lowest BCUT2D eigenvalue weighted by Gasteiger charge is -2.13. The Morgan fingerprint density at radius 2 is 2.24 bits per heavy atom. The topological polar surface area (TPSA) is 46.5 Å². The van der Waals surface area contributed by atoms with Crippen molar-refractivity contribution in [3.63, 3.8) is 0 Å². The second-order valence-electron chi connectivity index (χ2n) is 3.92. The third-order valence-electron chi connectivity index (χ3n) is 2.73. The fourth-order valence-electron chi connectivity index (χ4n) is 1.77. The quantitative estimate of drug-likeness (QED) is 0.738. The molecule has 0 aliphatic heterocycles. The molecule has 1 rings (SSSR count). The third-order valence-corrected chi connectivity index (χ3v) is 2.73. The SMILES string of the molecule is C=CCCC(Cc1ccccc1OC)C(=O)O. The maximum absolute atomic E-state index is 11.1. The van der Waals surface area contributed by atoms with Crippen LogP contribution in [0.2, 0.25) is 0 Å². The van der Waals surface area contributed by atoms with E-state index in [2.05, 4.69) is 6.58 Å². The van der Waals surface area contributed by atoms with Crippen molar-refractivity contribution in [2.75, 3.05) is 7.11 Å². The number of hydrogen-bond donors (Lipinski definition) is 1. The van der Waals surface area contributed by atoms with Crippen LogP contribution < -0.4 is 4.74 Å². The predicted molar refractivity (Wildman–Crippen MR) is 67.3 cm³/mol. The number of methoxy groups -OCH3 is 1. The summed E-state index contributed by atoms with van der Waals surface area (Å²) >= 11 is 0. The van der Waals surface area contributed by atoms with Gasteiger partial charge in [-0.15, -0.1) is 6.58 Å². The van der Waals surface area contributed by atoms with Crippen molar-refractivity contribution in [3.05, 3.63) is 42.5 Å². The Morgan fingerprint density at radius 3 is 2.82 bits per heavy atom. The molecule has 0 amide bonds. The summed E-state index contributed by atoms with van der Waals surface area (Å²) in [7, 11) is 1.60. The van der Waals surface area contributed by atoms with E-state index >= 15 is 0 Å². The fourth-order valence-corrected chi connectivity index (χ4v) is 1.77. The van der Waals surface area contributed by atoms with Crippen LogP contribution in [0.1, 0.15) is 18.4 Å². The van der Waals surface area contributed by atoms with Gasteiger partial charge in [-0.1, -0.05) is 24.3 Å². The molecule has 0 bridgehead atoms. The molecular weight excluding hydrogens is 216 g/mol. The number of carboxylic acid groups (broad SMARTS) is 1. The van der Waals surface area contributed by atoms with Gasteiger partial charge in [-0.2, -0.15) is 0 Å². The van der Waals surface area contributed by atoms with Crippen molar-refractivity contribution < 1.29 is 14.6 Å². The number of para-hydroxylation sites is 1. The molecule has 1 aromatic rings. The van der Waals surface area contributed by atoms with Crippen LogP contribution in [0, 0.1) is 5.92 Å². The first kappa shape index (κ1) is 13.3. The number of ether oxygens (including phenoxy) is 1. The van der Waals surface area contributed by atoms with Gasteiger partial charge in [-0.25, -0.2) is 0 Å². The van der Waals surface area contributed by atoms with Crippen LogP contribution in [0.25, 0.3) is 0 Å². The number of hydrogen-bond acceptors (Lipinski definition) is 2. The molecule has 0 heterocycles. The Hall–Kier alpha value is -1.77. The lowest BCUT2D eigenvalue weighted by atomic mass is 9.94. The van der Waals surface area contributed by atoms with Crippen LogP contribution in [0.3, 0.4) is 0 Å². The highest BCUT2D eigenvalue weighted by Crippen LogP contribution is 2.23. The predicted octanol–water partition coefficient (Wildman–Crippen LogP) is 2.90. The molecule has 0 aliphatic rings. The minimum absolute atomic E-state index is 0.385. The monoisotopic (exact) mass is 234 g/mol. The van der Waals surface area contributed by atoms with Gasteiger partial charge in [0.1, 0.15) is 5.75 Å². The Balaban J connectivity index is 2.77. The van der Waals surface area contributed by atoms with Gasteiger partial charge in [-0.3, -0.25) is 4.79 Å². The molecule has 0 fully saturated rings. The van der Waals surface area contributed by atoms with Crippen molar-refractivity contribution in [3.8, 4) is 5.75 Å². The molecule has 0 aliphatic carbocycles. The molecule has 17 heavy (non-hydrogen) atoms. The second kappa shape index (κ2) is 6.74. The Labute approximate surface area is 102 Å². The van der Waals surface area contributed by atoms with Crippen LogP contribution in [0.15, 0.2) is 36.9 Å². The van der Waals surface area contributed by atoms with Crippen molar-refractivity contribution in [1.29, 1.82) is 0 Å². The largest absolute Gasteiger partial charge is 0.496 e. The summed E-state index contributed by atoms with van der Waals surface area (Å²) < 4.78 is 5.22. The van der Waals surface area contributed by atoms with Crippen LogP contribution in [0.4, 0.5) is 0 Å². The molecule has 0 saturated heterocycles. The molecule has 1 atom stereocenters. The summed E-state index contributed by atoms with van der Waals surface area (Å²) in [5.74, 6) is -0.403. The van der Waals surface area contributed by atoms with Gasteiger partial charge >= 0.3 is 5.97 Å². The van der Waals surface area contributed by atoms with Gasteiger partial charge in [0, 0.05) is 0 Å². The molecule has 0 radical (unpaired) electrons. The van der Waals surface area contributed by atoms with E-state index in [1.165, 1.54) is 0 Å². The van der Waals surface area contributed by atoms with E-state index < -0.39 is 5.97 Å². The minimum Gasteiger partial charge on any atom is -0.496 e. The maximum Gasteiger partial charge on any atom is 0.306 e. The van der Waals surface area contributed by atoms with Crippen LogP contribution >= 0.6 is 0 Å². The Bertz CT molecular complexity index is 385. The Morgan fingerprint density at radius 1 is 1.53 bits per heavy atom. The molecule has 1 aromatic carbocycles. The van der Waals surface area contributed by atoms with Crippen LogP contribution in [0.5, 0.6) is 5.75 Å². The molecule has 1 unspecified atom stereocenters. The zero-order valence-electron chi connectivity index (χ0n) is 10.1. The smallest absolute Gasteiger partial charge is 0.306 e. The lowest BCUT2D eigenvalue weighted by molar-refractivity contribution is -0.141. The standard InChI is InChI=1S/C14H18O3/c1-3-4-7-12(14(15)16)10-11-8-5-6-9-13(11)17-2/h3,5-6,8-9,12H,1,4,7,10H2,2H3,(H,15,16). The van der Waals surface area contributed by atoms with Crippen LogP contribution in [-0.4, -0.2) is 18.2 Å². The summed E-state index contributed by atoms with van der Waals surface area (Å²) in [5.41, 5.74) is 0.937. The number of benzene rings is 1. The van der Waals surface area contributed by atoms with E-state index in [0.29, 0.717) is 19.3 Å². The molecule has 92 valence electrons. The summed E-state index contributed by atoms with van der Waals surface area (Å²) in [6, 6.07) is 7.52. The zero-order valence-corrected chi connectivity index (χ0v) is 10.1. The zero-order chi connectivity index (χ0) is 12.7. The third kappa shape index (κ3) is 3.94. The van der Waals surface area contributed by atoms with E-state index in [1.54, 1.807) is 13.2 Å². The van der Waals surface area contributed by atoms with Gasteiger partial charge < -0.3 is 9.84 Å². The summed E-state index contributed by atoms with van der Waals surface area (Å²) in [5, 5.41) is 9.15. The molecule has 1 N–H and O–H groups in total. The average Bonchev–Trinajstić information content (AvgIpc) is 2.34. The van der Waals surface area contributed by atoms with Crippen LogP contribution in [-0.2, 0) is 11.2 Å². The van der Waals surface area contributed by atoms with Gasteiger partial charge in [0.2, 0.25) is 0 Å². The lowest BCUT2D eigenvalue weighted by Crippen LogP contribution is -2.16. The molecule has 3 nitrogen and oxygen atoms in total. The van der Waals surface area contributed by atoms with Crippen molar-refractivity contribution >= 4 is 5.97 Å². The first-order valence-corrected chi connectivity index (χ1v) is 5.64. The second-order valence-corrected chi connectivity index (χ2v) is 3.92. The molecular formula is C14H18O3. The highest BCUT2D eigenvalue weighted by atomic mass is 16.5. The number of rotatable bonds is 7. The number of allylic oxidation sites excluding steroid dienone is 1. The first-order valence-electron chi connectivity index (χ1n) is 5.64. The van der Waals surface area contributed by atoms with E-state index in [9.17, 15) is 4.79 Å². The number of aliphatic carboxylic acids is 1. The average molecular weight is 234 g/mol. The first-order chi connectivity index (χ1) is 8.19. The summed E-state index contributed by atoms with van der Waals surface area (Å²) in [6.07, 6.45) is 3.56. The highest BCUT2D eigenvalue weighted by molar-refractivity contribution is 5.70.